The molecule has 0 bridgehead atoms. The largest absolute Gasteiger partial charge is 0.327 e. The second-order valence-corrected chi connectivity index (χ2v) is 9.55. The maximum Gasteiger partial charge on any atom is 0.327 e. The number of anilines is 2. The topological polar surface area (TPSA) is 169 Å². The van der Waals surface area contributed by atoms with Crippen LogP contribution in [0.2, 0.25) is 0 Å². The summed E-state index contributed by atoms with van der Waals surface area (Å²) in [5.74, 6) is 0.164. The molecule has 12 heteroatoms. The highest BCUT2D eigenvalue weighted by Crippen LogP contribution is 2.35. The molecule has 3 aromatic heterocycles. The van der Waals surface area contributed by atoms with E-state index in [-0.39, 0.29) is 29.2 Å². The molecule has 0 spiro atoms. The van der Waals surface area contributed by atoms with Crippen LogP contribution in [-0.4, -0.2) is 38.2 Å². The van der Waals surface area contributed by atoms with E-state index in [1.54, 1.807) is 23.6 Å². The average Bonchev–Trinajstić information content (AvgIpc) is 3.03. The molecular weight excluding hydrogens is 410 g/mol. The predicted octanol–water partition coefficient (Wildman–Crippen LogP) is 0.960. The first kappa shape index (κ1) is 20.3. The molecule has 160 valence electrons. The Kier molecular flexibility index (Phi) is 5.20. The number of hydrogen-bond acceptors (Lipinski definition) is 7. The lowest BCUT2D eigenvalue weighted by atomic mass is 9.84. The van der Waals surface area contributed by atoms with Gasteiger partial charge in [-0.05, 0) is 50.7 Å². The zero-order valence-corrected chi connectivity index (χ0v) is 17.1. The van der Waals surface area contributed by atoms with Crippen LogP contribution < -0.4 is 21.7 Å². The number of aromatic amines is 2. The highest BCUT2D eigenvalue weighted by Gasteiger charge is 2.32. The van der Waals surface area contributed by atoms with Gasteiger partial charge < -0.3 is 15.3 Å². The monoisotopic (exact) mass is 433 g/mol. The van der Waals surface area contributed by atoms with Crippen molar-refractivity contribution in [3.8, 4) is 0 Å². The van der Waals surface area contributed by atoms with Gasteiger partial charge in [0, 0.05) is 12.2 Å². The molecule has 3 aromatic rings. The van der Waals surface area contributed by atoms with Gasteiger partial charge in [0.25, 0.3) is 5.56 Å². The molecule has 0 aromatic carbocycles. The van der Waals surface area contributed by atoms with Crippen LogP contribution in [0.4, 0.5) is 11.6 Å². The van der Waals surface area contributed by atoms with Crippen molar-refractivity contribution in [1.82, 2.24) is 24.5 Å². The summed E-state index contributed by atoms with van der Waals surface area (Å²) < 4.78 is 24.9. The first-order chi connectivity index (χ1) is 14.2. The lowest BCUT2D eigenvalue weighted by Crippen LogP contribution is -2.36. The number of hydrogen-bond donors (Lipinski definition) is 4. The van der Waals surface area contributed by atoms with E-state index in [9.17, 15) is 18.0 Å². The van der Waals surface area contributed by atoms with Gasteiger partial charge in [-0.1, -0.05) is 0 Å². The fourth-order valence-electron chi connectivity index (χ4n) is 4.05. The zero-order valence-electron chi connectivity index (χ0n) is 16.3. The summed E-state index contributed by atoms with van der Waals surface area (Å²) in [5, 5.41) is 7.55. The van der Waals surface area contributed by atoms with Gasteiger partial charge in [-0.15, -0.1) is 0 Å². The lowest BCUT2D eigenvalue weighted by Gasteiger charge is -2.31. The fourth-order valence-corrected chi connectivity index (χ4v) is 4.86. The number of fused-ring (bicyclic) bond motifs is 1. The highest BCUT2D eigenvalue weighted by molar-refractivity contribution is 7.89. The van der Waals surface area contributed by atoms with Crippen molar-refractivity contribution in [3.63, 3.8) is 0 Å². The van der Waals surface area contributed by atoms with Gasteiger partial charge in [-0.25, -0.2) is 23.3 Å². The minimum absolute atomic E-state index is 0.0335. The normalized spacial score (nSPS) is 20.9. The fraction of sp³-hybridized carbons (Fsp3) is 0.444. The Morgan fingerprint density at radius 2 is 2.00 bits per heavy atom. The first-order valence-corrected chi connectivity index (χ1v) is 11.3. The van der Waals surface area contributed by atoms with E-state index in [4.69, 9.17) is 5.14 Å². The van der Waals surface area contributed by atoms with Gasteiger partial charge in [0.2, 0.25) is 16.0 Å². The number of sulfonamides is 1. The van der Waals surface area contributed by atoms with Crippen molar-refractivity contribution in [1.29, 1.82) is 0 Å². The van der Waals surface area contributed by atoms with Crippen LogP contribution in [-0.2, 0) is 10.0 Å². The quantitative estimate of drug-likeness (QED) is 0.464. The van der Waals surface area contributed by atoms with Crippen LogP contribution in [0, 0.1) is 5.92 Å². The number of nitrogens with two attached hydrogens (primary N) is 1. The number of rotatable bonds is 5. The van der Waals surface area contributed by atoms with Gasteiger partial charge in [0.15, 0.2) is 5.65 Å². The molecule has 1 unspecified atom stereocenters. The molecule has 3 heterocycles. The minimum atomic E-state index is -3.59. The molecule has 1 fully saturated rings. The molecule has 1 aliphatic rings. The molecule has 4 rings (SSSR count). The maximum absolute atomic E-state index is 12.6. The Balaban J connectivity index is 1.60. The summed E-state index contributed by atoms with van der Waals surface area (Å²) in [4.78, 5) is 38.4. The lowest BCUT2D eigenvalue weighted by molar-refractivity contribution is 0.270. The molecule has 5 N–H and O–H groups in total. The number of nitrogens with one attached hydrogen (secondary N) is 3. The van der Waals surface area contributed by atoms with Crippen LogP contribution in [0.15, 0.2) is 34.1 Å². The number of imidazole rings is 1. The Labute approximate surface area is 171 Å². The van der Waals surface area contributed by atoms with E-state index in [1.807, 2.05) is 0 Å². The van der Waals surface area contributed by atoms with Crippen LogP contribution >= 0.6 is 0 Å². The van der Waals surface area contributed by atoms with Gasteiger partial charge >= 0.3 is 5.69 Å². The Bertz CT molecular complexity index is 1290. The van der Waals surface area contributed by atoms with E-state index in [1.165, 1.54) is 12.4 Å². The SMILES string of the molecule is CC(C1CCC(n2c(=O)[nH]c3cnc(Nc4ccc[nH]c4=O)nc32)CC1)S(N)(=O)=O. The number of H-pyrrole nitrogens is 2. The summed E-state index contributed by atoms with van der Waals surface area (Å²) in [6.45, 7) is 1.63. The third-order valence-electron chi connectivity index (χ3n) is 5.81. The standard InChI is InChI=1S/C18H23N7O4S/c1-10(30(19,28)29)11-4-6-12(7-5-11)25-15-14(23-18(25)27)9-21-17(24-15)22-13-3-2-8-20-16(13)26/h2-3,8-12H,4-7H2,1H3,(H,20,26)(H,23,27)(H2,19,28,29)(H,21,22,24). The second kappa shape index (κ2) is 7.69. The molecule has 0 aliphatic heterocycles. The summed E-state index contributed by atoms with van der Waals surface area (Å²) in [6, 6.07) is 3.16. The summed E-state index contributed by atoms with van der Waals surface area (Å²) in [7, 11) is -3.59. The van der Waals surface area contributed by atoms with Gasteiger partial charge in [-0.3, -0.25) is 9.36 Å². The number of pyridine rings is 1. The van der Waals surface area contributed by atoms with E-state index >= 15 is 0 Å². The van der Waals surface area contributed by atoms with Crippen molar-refractivity contribution in [2.45, 2.75) is 43.9 Å². The highest BCUT2D eigenvalue weighted by atomic mass is 32.2. The van der Waals surface area contributed by atoms with Crippen molar-refractivity contribution >= 4 is 32.8 Å². The number of primary sulfonamides is 1. The minimum Gasteiger partial charge on any atom is -0.327 e. The van der Waals surface area contributed by atoms with Crippen LogP contribution in [0.1, 0.15) is 38.6 Å². The van der Waals surface area contributed by atoms with Crippen molar-refractivity contribution in [3.05, 3.63) is 45.4 Å². The molecular formula is C18H23N7O4S. The van der Waals surface area contributed by atoms with Crippen LogP contribution in [0.3, 0.4) is 0 Å². The Morgan fingerprint density at radius 3 is 2.67 bits per heavy atom. The molecule has 11 nitrogen and oxygen atoms in total. The Hall–Kier alpha value is -2.99. The Morgan fingerprint density at radius 1 is 1.27 bits per heavy atom. The smallest absolute Gasteiger partial charge is 0.327 e. The third-order valence-corrected chi connectivity index (χ3v) is 7.23. The summed E-state index contributed by atoms with van der Waals surface area (Å²) in [6.07, 6.45) is 5.60. The van der Waals surface area contributed by atoms with Gasteiger partial charge in [0.05, 0.1) is 11.4 Å². The predicted molar refractivity (Wildman–Crippen MR) is 112 cm³/mol. The molecule has 1 aliphatic carbocycles. The van der Waals surface area contributed by atoms with Crippen LogP contribution in [0.25, 0.3) is 11.2 Å². The van der Waals surface area contributed by atoms with Crippen molar-refractivity contribution in [2.24, 2.45) is 11.1 Å². The third kappa shape index (κ3) is 3.87. The maximum atomic E-state index is 12.6. The van der Waals surface area contributed by atoms with E-state index in [0.717, 1.165) is 0 Å². The molecule has 30 heavy (non-hydrogen) atoms. The second-order valence-electron chi connectivity index (χ2n) is 7.63. The average molecular weight is 433 g/mol. The molecule has 1 saturated carbocycles. The van der Waals surface area contributed by atoms with E-state index < -0.39 is 15.3 Å². The van der Waals surface area contributed by atoms with Crippen molar-refractivity contribution < 1.29 is 8.42 Å². The van der Waals surface area contributed by atoms with Crippen LogP contribution in [0.5, 0.6) is 0 Å². The van der Waals surface area contributed by atoms with Crippen molar-refractivity contribution in [2.75, 3.05) is 5.32 Å². The molecule has 0 radical (unpaired) electrons. The number of aromatic nitrogens is 5. The summed E-state index contributed by atoms with van der Waals surface area (Å²) >= 11 is 0. The summed E-state index contributed by atoms with van der Waals surface area (Å²) in [5.41, 5.74) is 0.617. The molecule has 0 saturated heterocycles. The number of nitrogens with zero attached hydrogens (tertiary/aromatic N) is 3. The van der Waals surface area contributed by atoms with E-state index in [0.29, 0.717) is 42.5 Å². The zero-order chi connectivity index (χ0) is 21.5. The van der Waals surface area contributed by atoms with Gasteiger partial charge in [0.1, 0.15) is 11.2 Å². The molecule has 0 amide bonds. The molecule has 1 atom stereocenters. The van der Waals surface area contributed by atoms with Gasteiger partial charge in [-0.2, -0.15) is 4.98 Å². The van der Waals surface area contributed by atoms with E-state index in [2.05, 4.69) is 25.3 Å². The first-order valence-electron chi connectivity index (χ1n) is 9.67.